The van der Waals surface area contributed by atoms with Crippen LogP contribution in [0.5, 0.6) is 0 Å². The van der Waals surface area contributed by atoms with Crippen LogP contribution in [0, 0.1) is 17.5 Å². The molecule has 0 spiro atoms. The second-order valence-corrected chi connectivity index (χ2v) is 5.03. The Morgan fingerprint density at radius 3 is 2.37 bits per heavy atom. The van der Waals surface area contributed by atoms with E-state index in [4.69, 9.17) is 5.73 Å². The maximum Gasteiger partial charge on any atom is 0.159 e. The van der Waals surface area contributed by atoms with E-state index in [1.165, 1.54) is 30.0 Å². The van der Waals surface area contributed by atoms with Crippen LogP contribution >= 0.6 is 11.8 Å². The molecule has 2 N–H and O–H groups in total. The molecule has 0 amide bonds. The van der Waals surface area contributed by atoms with Crippen molar-refractivity contribution in [1.29, 1.82) is 0 Å². The monoisotopic (exact) mass is 283 g/mol. The predicted molar refractivity (Wildman–Crippen MR) is 70.2 cm³/mol. The Kier molecular flexibility index (Phi) is 4.50. The zero-order chi connectivity index (χ0) is 13.8. The maximum absolute atomic E-state index is 13.0. The first-order valence-electron chi connectivity index (χ1n) is 5.65. The Balaban J connectivity index is 2.12. The van der Waals surface area contributed by atoms with Gasteiger partial charge in [-0.25, -0.2) is 13.2 Å². The van der Waals surface area contributed by atoms with Gasteiger partial charge in [-0.05, 0) is 41.5 Å². The van der Waals surface area contributed by atoms with E-state index in [9.17, 15) is 13.2 Å². The highest BCUT2D eigenvalue weighted by molar-refractivity contribution is 7.98. The summed E-state index contributed by atoms with van der Waals surface area (Å²) < 4.78 is 38.9. The fourth-order valence-electron chi connectivity index (χ4n) is 1.65. The summed E-state index contributed by atoms with van der Waals surface area (Å²) in [5, 5.41) is 0. The molecule has 100 valence electrons. The van der Waals surface area contributed by atoms with Gasteiger partial charge in [0.1, 0.15) is 5.82 Å². The fraction of sp³-hybridized carbons (Fsp3) is 0.143. The molecule has 0 aliphatic rings. The predicted octanol–water partition coefficient (Wildman–Crippen LogP) is 3.85. The smallest absolute Gasteiger partial charge is 0.159 e. The van der Waals surface area contributed by atoms with Crippen LogP contribution < -0.4 is 5.73 Å². The van der Waals surface area contributed by atoms with Crippen molar-refractivity contribution in [2.75, 3.05) is 0 Å². The van der Waals surface area contributed by atoms with Crippen molar-refractivity contribution in [2.24, 2.45) is 5.73 Å². The van der Waals surface area contributed by atoms with E-state index in [2.05, 4.69) is 0 Å². The van der Waals surface area contributed by atoms with E-state index in [-0.39, 0.29) is 12.4 Å². The molecule has 2 aromatic carbocycles. The standard InChI is InChI=1S/C14H12F3NS/c15-11-2-1-9(10(5-11)7-18)8-19-12-3-4-13(16)14(17)6-12/h1-6H,7-8,18H2. The summed E-state index contributed by atoms with van der Waals surface area (Å²) >= 11 is 1.35. The van der Waals surface area contributed by atoms with Gasteiger partial charge in [0.25, 0.3) is 0 Å². The highest BCUT2D eigenvalue weighted by atomic mass is 32.2. The van der Waals surface area contributed by atoms with E-state index < -0.39 is 11.6 Å². The van der Waals surface area contributed by atoms with E-state index >= 15 is 0 Å². The van der Waals surface area contributed by atoms with Crippen molar-refractivity contribution in [2.45, 2.75) is 17.2 Å². The summed E-state index contributed by atoms with van der Waals surface area (Å²) in [7, 11) is 0. The summed E-state index contributed by atoms with van der Waals surface area (Å²) in [5.74, 6) is -1.54. The van der Waals surface area contributed by atoms with Crippen LogP contribution in [0.1, 0.15) is 11.1 Å². The number of rotatable bonds is 4. The number of halogens is 3. The Hall–Kier alpha value is -1.46. The van der Waals surface area contributed by atoms with Crippen molar-refractivity contribution in [3.63, 3.8) is 0 Å². The van der Waals surface area contributed by atoms with Crippen LogP contribution in [0.2, 0.25) is 0 Å². The highest BCUT2D eigenvalue weighted by Crippen LogP contribution is 2.26. The third-order valence-electron chi connectivity index (χ3n) is 2.67. The van der Waals surface area contributed by atoms with Gasteiger partial charge in [-0.1, -0.05) is 6.07 Å². The minimum atomic E-state index is -0.872. The Morgan fingerprint density at radius 2 is 1.68 bits per heavy atom. The van der Waals surface area contributed by atoms with Crippen molar-refractivity contribution < 1.29 is 13.2 Å². The van der Waals surface area contributed by atoms with Crippen LogP contribution in [0.3, 0.4) is 0 Å². The van der Waals surface area contributed by atoms with Crippen molar-refractivity contribution in [1.82, 2.24) is 0 Å². The lowest BCUT2D eigenvalue weighted by atomic mass is 10.1. The first-order valence-corrected chi connectivity index (χ1v) is 6.64. The molecule has 0 aliphatic carbocycles. The first kappa shape index (κ1) is 14.0. The molecule has 0 aromatic heterocycles. The number of hydrogen-bond donors (Lipinski definition) is 1. The Labute approximate surface area is 113 Å². The lowest BCUT2D eigenvalue weighted by molar-refractivity contribution is 0.506. The molecule has 0 atom stereocenters. The summed E-state index contributed by atoms with van der Waals surface area (Å²) in [5.41, 5.74) is 7.15. The number of benzene rings is 2. The number of nitrogens with two attached hydrogens (primary N) is 1. The Bertz CT molecular complexity index is 587. The molecule has 0 saturated carbocycles. The van der Waals surface area contributed by atoms with Gasteiger partial charge in [0.2, 0.25) is 0 Å². The highest BCUT2D eigenvalue weighted by Gasteiger charge is 2.06. The van der Waals surface area contributed by atoms with Crippen molar-refractivity contribution in [3.8, 4) is 0 Å². The molecule has 0 bridgehead atoms. The van der Waals surface area contributed by atoms with E-state index in [0.717, 1.165) is 23.3 Å². The SMILES string of the molecule is NCc1cc(F)ccc1CSc1ccc(F)c(F)c1. The minimum Gasteiger partial charge on any atom is -0.326 e. The van der Waals surface area contributed by atoms with Crippen LogP contribution in [-0.4, -0.2) is 0 Å². The normalized spacial score (nSPS) is 10.7. The van der Waals surface area contributed by atoms with Gasteiger partial charge < -0.3 is 5.73 Å². The molecule has 0 fully saturated rings. The molecule has 1 nitrogen and oxygen atoms in total. The average molecular weight is 283 g/mol. The largest absolute Gasteiger partial charge is 0.326 e. The van der Waals surface area contributed by atoms with Gasteiger partial charge in [0.15, 0.2) is 11.6 Å². The second kappa shape index (κ2) is 6.12. The lowest BCUT2D eigenvalue weighted by Crippen LogP contribution is -2.01. The summed E-state index contributed by atoms with van der Waals surface area (Å²) in [6.45, 7) is 0.242. The van der Waals surface area contributed by atoms with Gasteiger partial charge >= 0.3 is 0 Å². The van der Waals surface area contributed by atoms with E-state index in [1.807, 2.05) is 0 Å². The topological polar surface area (TPSA) is 26.0 Å². The molecular weight excluding hydrogens is 271 g/mol. The van der Waals surface area contributed by atoms with Gasteiger partial charge in [0, 0.05) is 17.2 Å². The van der Waals surface area contributed by atoms with Crippen LogP contribution in [0.4, 0.5) is 13.2 Å². The molecular formula is C14H12F3NS. The quantitative estimate of drug-likeness (QED) is 0.862. The molecule has 2 aromatic rings. The third-order valence-corrected chi connectivity index (χ3v) is 3.72. The summed E-state index contributed by atoms with van der Waals surface area (Å²) in [6.07, 6.45) is 0. The van der Waals surface area contributed by atoms with Gasteiger partial charge in [0.05, 0.1) is 0 Å². The fourth-order valence-corrected chi connectivity index (χ4v) is 2.61. The van der Waals surface area contributed by atoms with Crippen molar-refractivity contribution in [3.05, 3.63) is 65.0 Å². The lowest BCUT2D eigenvalue weighted by Gasteiger charge is -2.08. The van der Waals surface area contributed by atoms with Gasteiger partial charge in [-0.3, -0.25) is 0 Å². The number of hydrogen-bond acceptors (Lipinski definition) is 2. The molecule has 19 heavy (non-hydrogen) atoms. The molecule has 0 saturated heterocycles. The van der Waals surface area contributed by atoms with Crippen molar-refractivity contribution >= 4 is 11.8 Å². The zero-order valence-electron chi connectivity index (χ0n) is 10.00. The molecule has 0 aliphatic heterocycles. The summed E-state index contributed by atoms with van der Waals surface area (Å²) in [4.78, 5) is 0.617. The molecule has 0 heterocycles. The van der Waals surface area contributed by atoms with Crippen LogP contribution in [-0.2, 0) is 12.3 Å². The van der Waals surface area contributed by atoms with Gasteiger partial charge in [-0.2, -0.15) is 0 Å². The molecule has 0 unspecified atom stereocenters. The second-order valence-electron chi connectivity index (χ2n) is 3.98. The third kappa shape index (κ3) is 3.52. The average Bonchev–Trinajstić information content (AvgIpc) is 2.41. The molecule has 0 radical (unpaired) electrons. The zero-order valence-corrected chi connectivity index (χ0v) is 10.8. The number of thioether (sulfide) groups is 1. The summed E-state index contributed by atoms with van der Waals surface area (Å²) in [6, 6.07) is 8.15. The Morgan fingerprint density at radius 1 is 0.895 bits per heavy atom. The van der Waals surface area contributed by atoms with E-state index in [0.29, 0.717) is 10.6 Å². The first-order chi connectivity index (χ1) is 9.10. The molecule has 5 heteroatoms. The molecule has 2 rings (SSSR count). The maximum atomic E-state index is 13.0. The van der Waals surface area contributed by atoms with Crippen LogP contribution in [0.25, 0.3) is 0 Å². The van der Waals surface area contributed by atoms with Crippen LogP contribution in [0.15, 0.2) is 41.3 Å². The van der Waals surface area contributed by atoms with Gasteiger partial charge in [-0.15, -0.1) is 11.8 Å². The minimum absolute atomic E-state index is 0.242. The van der Waals surface area contributed by atoms with E-state index in [1.54, 1.807) is 6.07 Å².